The van der Waals surface area contributed by atoms with E-state index in [-0.39, 0.29) is 11.4 Å². The van der Waals surface area contributed by atoms with Crippen molar-refractivity contribution in [2.45, 2.75) is 19.8 Å². The molecular weight excluding hydrogens is 192 g/mol. The van der Waals surface area contributed by atoms with E-state index >= 15 is 0 Å². The molecule has 2 rings (SSSR count). The Balaban J connectivity index is 2.59. The highest BCUT2D eigenvalue weighted by Crippen LogP contribution is 2.42. The molecule has 0 saturated heterocycles. The highest BCUT2D eigenvalue weighted by atomic mass is 16.3. The number of aryl methyl sites for hydroxylation is 1. The zero-order chi connectivity index (χ0) is 10.8. The van der Waals surface area contributed by atoms with E-state index < -0.39 is 0 Å². The normalized spacial score (nSPS) is 14.9. The summed E-state index contributed by atoms with van der Waals surface area (Å²) in [5.74, 6) is -0.0240. The molecule has 0 spiro atoms. The molecule has 0 fully saturated rings. The zero-order valence-electron chi connectivity index (χ0n) is 8.73. The Morgan fingerprint density at radius 2 is 2.33 bits per heavy atom. The molecule has 0 aliphatic carbocycles. The van der Waals surface area contributed by atoms with Gasteiger partial charge in [-0.2, -0.15) is 0 Å². The minimum Gasteiger partial charge on any atom is -0.505 e. The molecule has 1 aromatic carbocycles. The molecule has 0 aromatic heterocycles. The van der Waals surface area contributed by atoms with Gasteiger partial charge in [0.1, 0.15) is 5.75 Å². The van der Waals surface area contributed by atoms with Crippen molar-refractivity contribution in [3.8, 4) is 5.75 Å². The molecular formula is C11H14N2O2. The average Bonchev–Trinajstić information content (AvgIpc) is 2.28. The first-order valence-electron chi connectivity index (χ1n) is 5.21. The maximum atomic E-state index is 10.7. The van der Waals surface area contributed by atoms with Gasteiger partial charge in [-0.15, -0.1) is 4.91 Å². The van der Waals surface area contributed by atoms with Crippen LogP contribution < -0.4 is 4.90 Å². The minimum atomic E-state index is -0.0240. The number of hydrogen-bond donors (Lipinski definition) is 1. The van der Waals surface area contributed by atoms with Crippen molar-refractivity contribution in [1.82, 2.24) is 0 Å². The number of fused-ring (bicyclic) bond motifs is 1. The van der Waals surface area contributed by atoms with Crippen molar-refractivity contribution >= 4 is 11.4 Å². The second-order valence-electron chi connectivity index (χ2n) is 3.72. The van der Waals surface area contributed by atoms with Crippen LogP contribution in [0.5, 0.6) is 5.75 Å². The molecule has 0 radical (unpaired) electrons. The summed E-state index contributed by atoms with van der Waals surface area (Å²) < 4.78 is 0. The number of nitrogens with zero attached hydrogens (tertiary/aromatic N) is 2. The standard InChI is InChI=1S/C11H14N2O2/c1-2-13-7-3-4-8-5-6-9(14)10(12-15)11(8)13/h5-6,14H,2-4,7H2,1H3. The van der Waals surface area contributed by atoms with Gasteiger partial charge >= 0.3 is 0 Å². The summed E-state index contributed by atoms with van der Waals surface area (Å²) in [6.45, 7) is 3.79. The first-order chi connectivity index (χ1) is 7.27. The number of rotatable bonds is 2. The fraction of sp³-hybridized carbons (Fsp3) is 0.455. The van der Waals surface area contributed by atoms with Crippen LogP contribution in [0.2, 0.25) is 0 Å². The van der Waals surface area contributed by atoms with Crippen LogP contribution in [-0.4, -0.2) is 18.2 Å². The molecule has 0 atom stereocenters. The van der Waals surface area contributed by atoms with Crippen LogP contribution in [-0.2, 0) is 6.42 Å². The average molecular weight is 206 g/mol. The number of nitroso groups, excluding NO2 is 1. The third kappa shape index (κ3) is 1.56. The van der Waals surface area contributed by atoms with Crippen molar-refractivity contribution in [1.29, 1.82) is 0 Å². The van der Waals surface area contributed by atoms with Crippen LogP contribution in [0.25, 0.3) is 0 Å². The third-order valence-electron chi connectivity index (χ3n) is 2.88. The Hall–Kier alpha value is -1.58. The number of hydrogen-bond acceptors (Lipinski definition) is 4. The van der Waals surface area contributed by atoms with Crippen LogP contribution in [0.4, 0.5) is 11.4 Å². The predicted molar refractivity (Wildman–Crippen MR) is 59.8 cm³/mol. The lowest BCUT2D eigenvalue weighted by atomic mass is 10.00. The van der Waals surface area contributed by atoms with Crippen molar-refractivity contribution in [3.63, 3.8) is 0 Å². The van der Waals surface area contributed by atoms with Crippen LogP contribution in [0.3, 0.4) is 0 Å². The largest absolute Gasteiger partial charge is 0.505 e. The summed E-state index contributed by atoms with van der Waals surface area (Å²) in [6, 6.07) is 3.43. The van der Waals surface area contributed by atoms with Gasteiger partial charge in [-0.25, -0.2) is 0 Å². The van der Waals surface area contributed by atoms with Gasteiger partial charge in [0.2, 0.25) is 0 Å². The maximum Gasteiger partial charge on any atom is 0.173 e. The molecule has 0 unspecified atom stereocenters. The van der Waals surface area contributed by atoms with Gasteiger partial charge in [0.15, 0.2) is 5.69 Å². The number of aromatic hydroxyl groups is 1. The van der Waals surface area contributed by atoms with Crippen LogP contribution in [0.1, 0.15) is 18.9 Å². The topological polar surface area (TPSA) is 52.9 Å². The second-order valence-corrected chi connectivity index (χ2v) is 3.72. The lowest BCUT2D eigenvalue weighted by Gasteiger charge is -2.30. The molecule has 4 heteroatoms. The van der Waals surface area contributed by atoms with Crippen molar-refractivity contribution in [2.24, 2.45) is 5.18 Å². The maximum absolute atomic E-state index is 10.7. The van der Waals surface area contributed by atoms with Gasteiger partial charge in [-0.1, -0.05) is 6.07 Å². The van der Waals surface area contributed by atoms with E-state index in [0.717, 1.165) is 37.2 Å². The Labute approximate surface area is 88.5 Å². The molecule has 15 heavy (non-hydrogen) atoms. The summed E-state index contributed by atoms with van der Waals surface area (Å²) in [5, 5.41) is 12.5. The summed E-state index contributed by atoms with van der Waals surface area (Å²) in [7, 11) is 0. The Morgan fingerprint density at radius 3 is 3.00 bits per heavy atom. The van der Waals surface area contributed by atoms with Crippen molar-refractivity contribution in [3.05, 3.63) is 22.6 Å². The molecule has 1 N–H and O–H groups in total. The van der Waals surface area contributed by atoms with Crippen molar-refractivity contribution in [2.75, 3.05) is 18.0 Å². The summed E-state index contributed by atoms with van der Waals surface area (Å²) in [6.07, 6.45) is 2.04. The van der Waals surface area contributed by atoms with Crippen LogP contribution >= 0.6 is 0 Å². The Kier molecular flexibility index (Phi) is 2.58. The molecule has 1 aliphatic rings. The fourth-order valence-corrected chi connectivity index (χ4v) is 2.14. The monoisotopic (exact) mass is 206 g/mol. The second kappa shape index (κ2) is 3.88. The van der Waals surface area contributed by atoms with Crippen LogP contribution in [0, 0.1) is 4.91 Å². The van der Waals surface area contributed by atoms with Gasteiger partial charge < -0.3 is 10.0 Å². The lowest BCUT2D eigenvalue weighted by molar-refractivity contribution is 0.476. The van der Waals surface area contributed by atoms with Crippen LogP contribution in [0.15, 0.2) is 17.3 Å². The zero-order valence-corrected chi connectivity index (χ0v) is 8.73. The SMILES string of the molecule is CCN1CCCc2ccc(O)c(N=O)c21. The molecule has 1 heterocycles. The summed E-state index contributed by atoms with van der Waals surface area (Å²) in [4.78, 5) is 12.8. The lowest BCUT2D eigenvalue weighted by Crippen LogP contribution is -2.28. The van der Waals surface area contributed by atoms with Gasteiger partial charge in [0.05, 0.1) is 5.69 Å². The highest BCUT2D eigenvalue weighted by Gasteiger charge is 2.22. The predicted octanol–water partition coefficient (Wildman–Crippen LogP) is 2.56. The molecule has 0 amide bonds. The third-order valence-corrected chi connectivity index (χ3v) is 2.88. The Morgan fingerprint density at radius 1 is 1.53 bits per heavy atom. The van der Waals surface area contributed by atoms with Gasteiger partial charge in [0, 0.05) is 13.1 Å². The van der Waals surface area contributed by atoms with E-state index in [9.17, 15) is 10.0 Å². The van der Waals surface area contributed by atoms with Gasteiger partial charge in [-0.3, -0.25) is 0 Å². The number of benzene rings is 1. The minimum absolute atomic E-state index is 0.0240. The van der Waals surface area contributed by atoms with E-state index in [1.807, 2.05) is 13.0 Å². The van der Waals surface area contributed by atoms with Gasteiger partial charge in [-0.05, 0) is 36.6 Å². The highest BCUT2D eigenvalue weighted by molar-refractivity contribution is 5.77. The quantitative estimate of drug-likeness (QED) is 0.756. The number of anilines is 1. The fourth-order valence-electron chi connectivity index (χ4n) is 2.14. The van der Waals surface area contributed by atoms with E-state index in [1.54, 1.807) is 6.07 Å². The number of phenols is 1. The summed E-state index contributed by atoms with van der Waals surface area (Å²) >= 11 is 0. The molecule has 80 valence electrons. The Bertz CT molecular complexity index is 390. The van der Waals surface area contributed by atoms with Gasteiger partial charge in [0.25, 0.3) is 0 Å². The molecule has 1 aliphatic heterocycles. The van der Waals surface area contributed by atoms with E-state index in [4.69, 9.17) is 0 Å². The smallest absolute Gasteiger partial charge is 0.173 e. The molecule has 0 saturated carbocycles. The number of phenolic OH excluding ortho intramolecular Hbond substituents is 1. The summed E-state index contributed by atoms with van der Waals surface area (Å²) in [5.41, 5.74) is 2.11. The van der Waals surface area contributed by atoms with E-state index in [2.05, 4.69) is 10.1 Å². The first-order valence-corrected chi connectivity index (χ1v) is 5.21. The first kappa shape index (κ1) is 9.96. The molecule has 1 aromatic rings. The van der Waals surface area contributed by atoms with Crippen molar-refractivity contribution < 1.29 is 5.11 Å². The van der Waals surface area contributed by atoms with E-state index in [0.29, 0.717) is 0 Å². The molecule has 4 nitrogen and oxygen atoms in total. The molecule has 0 bridgehead atoms. The van der Waals surface area contributed by atoms with E-state index in [1.165, 1.54) is 0 Å².